The predicted molar refractivity (Wildman–Crippen MR) is 128 cm³/mol. The van der Waals surface area contributed by atoms with Crippen LogP contribution in [0, 0.1) is 0 Å². The highest BCUT2D eigenvalue weighted by Crippen LogP contribution is 2.26. The van der Waals surface area contributed by atoms with E-state index in [9.17, 15) is 20.1 Å². The summed E-state index contributed by atoms with van der Waals surface area (Å²) in [5.41, 5.74) is 3.64. The predicted octanol–water partition coefficient (Wildman–Crippen LogP) is 3.32. The fourth-order valence-electron chi connectivity index (χ4n) is 3.66. The van der Waals surface area contributed by atoms with Crippen LogP contribution >= 0.6 is 0 Å². The van der Waals surface area contributed by atoms with E-state index >= 15 is 0 Å². The summed E-state index contributed by atoms with van der Waals surface area (Å²) >= 11 is 0. The molecule has 0 bridgehead atoms. The number of carbonyl (C=O) groups is 1. The highest BCUT2D eigenvalue weighted by atomic mass is 16.7. The smallest absolute Gasteiger partial charge is 0.363 e. The zero-order valence-electron chi connectivity index (χ0n) is 19.0. The molecule has 9 heteroatoms. The Labute approximate surface area is 205 Å². The average molecular weight is 484 g/mol. The Morgan fingerprint density at radius 3 is 2.33 bits per heavy atom. The van der Waals surface area contributed by atoms with Crippen LogP contribution in [-0.2, 0) is 13.2 Å². The summed E-state index contributed by atoms with van der Waals surface area (Å²) < 4.78 is 8.51. The maximum Gasteiger partial charge on any atom is 0.363 e. The van der Waals surface area contributed by atoms with E-state index in [0.717, 1.165) is 22.3 Å². The minimum Gasteiger partial charge on any atom is -0.492 e. The van der Waals surface area contributed by atoms with E-state index in [0.29, 0.717) is 22.9 Å². The number of hydrogen-bond acceptors (Lipinski definition) is 7. The number of aromatic hydroxyl groups is 2. The fourth-order valence-corrected chi connectivity index (χ4v) is 3.66. The third-order valence-electron chi connectivity index (χ3n) is 5.56. The van der Waals surface area contributed by atoms with Gasteiger partial charge in [-0.2, -0.15) is 0 Å². The standard InChI is InChI=1S/C27H21N3O6/c31-17-18-4-6-20(7-5-18)23-15-28-26(35-23)21-10-12-29(13-11-21)16-19-2-1-3-22(14-19)27(34)36-30-24(32)8-9-25(30)33/h1-15,28,31H,16-17H2/p+1. The topological polar surface area (TPSA) is 122 Å². The lowest BCUT2D eigenvalue weighted by atomic mass is 10.1. The van der Waals surface area contributed by atoms with Crippen molar-refractivity contribution in [2.45, 2.75) is 13.2 Å². The molecule has 3 heterocycles. The molecule has 5 rings (SSSR count). The minimum atomic E-state index is -0.718. The van der Waals surface area contributed by atoms with E-state index in [-0.39, 0.29) is 23.9 Å². The van der Waals surface area contributed by atoms with Gasteiger partial charge in [0.25, 0.3) is 0 Å². The first-order valence-electron chi connectivity index (χ1n) is 11.1. The second kappa shape index (κ2) is 9.77. The maximum atomic E-state index is 12.5. The molecule has 0 atom stereocenters. The number of aliphatic hydroxyl groups excluding tert-OH is 1. The molecular weight excluding hydrogens is 462 g/mol. The van der Waals surface area contributed by atoms with Gasteiger partial charge in [0.15, 0.2) is 24.7 Å². The van der Waals surface area contributed by atoms with Gasteiger partial charge in [0.1, 0.15) is 0 Å². The molecule has 3 aromatic heterocycles. The Morgan fingerprint density at radius 2 is 1.64 bits per heavy atom. The molecular formula is C27H22N3O6+. The molecule has 0 aliphatic heterocycles. The molecule has 180 valence electrons. The van der Waals surface area contributed by atoms with E-state index < -0.39 is 5.97 Å². The summed E-state index contributed by atoms with van der Waals surface area (Å²) in [4.78, 5) is 21.9. The molecule has 0 spiro atoms. The first-order chi connectivity index (χ1) is 17.5. The SMILES string of the molecule is O=C(On1c(O)ccc1O)c1cccc(C[n+]2ccc(-c3ncc(-c4ccc(CO)cc4)o3)cc2)c1. The molecule has 0 saturated carbocycles. The largest absolute Gasteiger partial charge is 0.492 e. The van der Waals surface area contributed by atoms with E-state index in [1.54, 1.807) is 24.4 Å². The molecule has 9 nitrogen and oxygen atoms in total. The van der Waals surface area contributed by atoms with Gasteiger partial charge in [0.05, 0.1) is 18.4 Å². The molecule has 0 aliphatic rings. The van der Waals surface area contributed by atoms with Gasteiger partial charge in [-0.1, -0.05) is 36.4 Å². The first kappa shape index (κ1) is 22.9. The summed E-state index contributed by atoms with van der Waals surface area (Å²) in [5.74, 6) is -0.360. The number of nitrogens with zero attached hydrogens (tertiary/aromatic N) is 3. The highest BCUT2D eigenvalue weighted by molar-refractivity contribution is 5.89. The molecule has 0 fully saturated rings. The summed E-state index contributed by atoms with van der Waals surface area (Å²) in [7, 11) is 0. The van der Waals surface area contributed by atoms with Gasteiger partial charge >= 0.3 is 5.97 Å². The molecule has 0 unspecified atom stereocenters. The van der Waals surface area contributed by atoms with Crippen molar-refractivity contribution in [2.75, 3.05) is 0 Å². The van der Waals surface area contributed by atoms with Crippen molar-refractivity contribution in [1.29, 1.82) is 0 Å². The van der Waals surface area contributed by atoms with Gasteiger partial charge < -0.3 is 24.6 Å². The molecule has 0 aliphatic carbocycles. The number of aromatic nitrogens is 3. The van der Waals surface area contributed by atoms with Gasteiger partial charge in [0, 0.05) is 41.0 Å². The quantitative estimate of drug-likeness (QED) is 0.303. The maximum absolute atomic E-state index is 12.5. The van der Waals surface area contributed by atoms with Crippen molar-refractivity contribution in [2.24, 2.45) is 0 Å². The Hall–Kier alpha value is -4.89. The van der Waals surface area contributed by atoms with Gasteiger partial charge in [-0.25, -0.2) is 14.3 Å². The Balaban J connectivity index is 1.27. The zero-order valence-corrected chi connectivity index (χ0v) is 19.0. The molecule has 5 aromatic rings. The summed E-state index contributed by atoms with van der Waals surface area (Å²) in [6, 6.07) is 20.5. The lowest BCUT2D eigenvalue weighted by Crippen LogP contribution is -2.33. The van der Waals surface area contributed by atoms with Crippen LogP contribution in [0.2, 0.25) is 0 Å². The lowest BCUT2D eigenvalue weighted by Gasteiger charge is -2.07. The summed E-state index contributed by atoms with van der Waals surface area (Å²) in [5, 5.41) is 28.5. The monoisotopic (exact) mass is 484 g/mol. The number of carbonyl (C=O) groups excluding carboxylic acids is 1. The highest BCUT2D eigenvalue weighted by Gasteiger charge is 2.16. The normalized spacial score (nSPS) is 10.9. The average Bonchev–Trinajstić information content (AvgIpc) is 3.52. The third-order valence-corrected chi connectivity index (χ3v) is 5.56. The molecule has 0 saturated heterocycles. The van der Waals surface area contributed by atoms with Crippen molar-refractivity contribution >= 4 is 5.97 Å². The van der Waals surface area contributed by atoms with Gasteiger partial charge in [-0.05, 0) is 17.7 Å². The van der Waals surface area contributed by atoms with E-state index in [1.165, 1.54) is 12.1 Å². The third kappa shape index (κ3) is 4.82. The minimum absolute atomic E-state index is 0.0107. The van der Waals surface area contributed by atoms with Crippen LogP contribution in [-0.4, -0.2) is 31.0 Å². The number of hydrogen-bond donors (Lipinski definition) is 3. The second-order valence-electron chi connectivity index (χ2n) is 8.07. The van der Waals surface area contributed by atoms with Crippen molar-refractivity contribution in [3.05, 3.63) is 108 Å². The van der Waals surface area contributed by atoms with Gasteiger partial charge in [-0.15, -0.1) is 4.73 Å². The van der Waals surface area contributed by atoms with Crippen LogP contribution in [0.15, 0.2) is 95.8 Å². The molecule has 3 N–H and O–H groups in total. The van der Waals surface area contributed by atoms with Crippen molar-refractivity contribution in [3.63, 3.8) is 0 Å². The molecule has 0 amide bonds. The van der Waals surface area contributed by atoms with Crippen LogP contribution in [0.25, 0.3) is 22.8 Å². The van der Waals surface area contributed by atoms with Crippen LogP contribution in [0.1, 0.15) is 21.5 Å². The summed E-state index contributed by atoms with van der Waals surface area (Å²) in [6.07, 6.45) is 5.44. The summed E-state index contributed by atoms with van der Waals surface area (Å²) in [6.45, 7) is 0.485. The number of aliphatic hydroxyl groups is 1. The number of oxazole rings is 1. The van der Waals surface area contributed by atoms with Crippen LogP contribution in [0.3, 0.4) is 0 Å². The number of pyridine rings is 1. The Morgan fingerprint density at radius 1 is 0.917 bits per heavy atom. The van der Waals surface area contributed by atoms with Gasteiger partial charge in [0.2, 0.25) is 17.7 Å². The second-order valence-corrected chi connectivity index (χ2v) is 8.07. The van der Waals surface area contributed by atoms with Crippen molar-refractivity contribution in [3.8, 4) is 34.5 Å². The van der Waals surface area contributed by atoms with Crippen molar-refractivity contribution < 1.29 is 33.9 Å². The molecule has 0 radical (unpaired) electrons. The fraction of sp³-hybridized carbons (Fsp3) is 0.0741. The van der Waals surface area contributed by atoms with Gasteiger partial charge in [-0.3, -0.25) is 0 Å². The van der Waals surface area contributed by atoms with E-state index in [1.807, 2.05) is 59.4 Å². The lowest BCUT2D eigenvalue weighted by molar-refractivity contribution is -0.688. The number of benzene rings is 2. The first-order valence-corrected chi connectivity index (χ1v) is 11.1. The van der Waals surface area contributed by atoms with E-state index in [4.69, 9.17) is 9.25 Å². The van der Waals surface area contributed by atoms with Crippen molar-refractivity contribution in [1.82, 2.24) is 9.71 Å². The van der Waals surface area contributed by atoms with E-state index in [2.05, 4.69) is 4.98 Å². The molecule has 36 heavy (non-hydrogen) atoms. The van der Waals surface area contributed by atoms with Crippen LogP contribution in [0.5, 0.6) is 11.8 Å². The molecule has 2 aromatic carbocycles. The Kier molecular flexibility index (Phi) is 6.21. The zero-order chi connectivity index (χ0) is 25.1. The number of rotatable bonds is 7. The van der Waals surface area contributed by atoms with Crippen LogP contribution < -0.4 is 9.40 Å². The Bertz CT molecular complexity index is 1480. The van der Waals surface area contributed by atoms with Crippen LogP contribution in [0.4, 0.5) is 0 Å².